The van der Waals surface area contributed by atoms with Gasteiger partial charge < -0.3 is 0 Å². The maximum absolute atomic E-state index is 13.8. The summed E-state index contributed by atoms with van der Waals surface area (Å²) in [5.41, 5.74) is 10.9. The summed E-state index contributed by atoms with van der Waals surface area (Å²) in [6, 6.07) is 17.7. The molecule has 0 aromatic heterocycles. The van der Waals surface area contributed by atoms with Crippen molar-refractivity contribution in [1.29, 1.82) is 0 Å². The van der Waals surface area contributed by atoms with Crippen LogP contribution in [0.1, 0.15) is 45.2 Å². The van der Waals surface area contributed by atoms with Crippen molar-refractivity contribution in [3.8, 4) is 0 Å². The van der Waals surface area contributed by atoms with E-state index in [0.29, 0.717) is 5.78 Å². The predicted molar refractivity (Wildman–Crippen MR) is 108 cm³/mol. The van der Waals surface area contributed by atoms with Crippen LogP contribution in [0.3, 0.4) is 0 Å². The van der Waals surface area contributed by atoms with Crippen LogP contribution in [0.5, 0.6) is 0 Å². The van der Waals surface area contributed by atoms with Crippen molar-refractivity contribution >= 4 is 22.1 Å². The molecule has 0 radical (unpaired) electrons. The van der Waals surface area contributed by atoms with Gasteiger partial charge in [-0.15, -0.1) is 0 Å². The molecule has 7 rings (SSSR count). The number of ketones is 1. The Hall–Kier alpha value is -2.93. The minimum Gasteiger partial charge on any atom is -0.298 e. The maximum Gasteiger partial charge on any atom is 0.155 e. The van der Waals surface area contributed by atoms with E-state index in [-0.39, 0.29) is 11.8 Å². The quantitative estimate of drug-likeness (QED) is 0.507. The van der Waals surface area contributed by atoms with E-state index in [4.69, 9.17) is 0 Å². The summed E-state index contributed by atoms with van der Waals surface area (Å²) in [6.45, 7) is 0. The van der Waals surface area contributed by atoms with Gasteiger partial charge in [0, 0.05) is 0 Å². The maximum atomic E-state index is 13.8. The molecule has 1 heteroatoms. The van der Waals surface area contributed by atoms with E-state index in [2.05, 4.69) is 60.7 Å². The Balaban J connectivity index is 1.60. The van der Waals surface area contributed by atoms with Gasteiger partial charge >= 0.3 is 0 Å². The van der Waals surface area contributed by atoms with Gasteiger partial charge in [-0.05, 0) is 74.6 Å². The molecule has 3 aromatic rings. The lowest BCUT2D eigenvalue weighted by molar-refractivity contribution is -0.120. The molecule has 0 heterocycles. The molecule has 128 valence electrons. The van der Waals surface area contributed by atoms with Gasteiger partial charge in [0.15, 0.2) is 5.78 Å². The smallest absolute Gasteiger partial charge is 0.155 e. The lowest BCUT2D eigenvalue weighted by Crippen LogP contribution is -2.31. The largest absolute Gasteiger partial charge is 0.298 e. The molecule has 0 fully saturated rings. The van der Waals surface area contributed by atoms with E-state index in [1.54, 1.807) is 0 Å². The molecule has 0 amide bonds. The van der Waals surface area contributed by atoms with Crippen LogP contribution in [0.15, 0.2) is 66.3 Å². The summed E-state index contributed by atoms with van der Waals surface area (Å²) >= 11 is 0. The van der Waals surface area contributed by atoms with Gasteiger partial charge in [-0.25, -0.2) is 0 Å². The molecule has 0 N–H and O–H groups in total. The number of hydrogen-bond donors (Lipinski definition) is 0. The molecule has 2 atom stereocenters. The Bertz CT molecular complexity index is 1270. The lowest BCUT2D eigenvalue weighted by Gasteiger charge is -2.37. The van der Waals surface area contributed by atoms with Crippen molar-refractivity contribution in [1.82, 2.24) is 0 Å². The van der Waals surface area contributed by atoms with Gasteiger partial charge in [0.2, 0.25) is 0 Å². The minimum absolute atomic E-state index is 0.0599. The van der Waals surface area contributed by atoms with E-state index in [1.165, 1.54) is 55.3 Å². The first-order valence-corrected chi connectivity index (χ1v) is 9.89. The van der Waals surface area contributed by atoms with Crippen LogP contribution in [0.25, 0.3) is 16.3 Å². The summed E-state index contributed by atoms with van der Waals surface area (Å²) in [5, 5.41) is 2.68. The van der Waals surface area contributed by atoms with Crippen LogP contribution in [0.2, 0.25) is 0 Å². The van der Waals surface area contributed by atoms with Gasteiger partial charge in [-0.2, -0.15) is 0 Å². The molecule has 0 aliphatic heterocycles. The summed E-state index contributed by atoms with van der Waals surface area (Å²) in [5.74, 6) is 0.260. The van der Waals surface area contributed by atoms with E-state index in [1.807, 2.05) is 0 Å². The van der Waals surface area contributed by atoms with Gasteiger partial charge in [-0.1, -0.05) is 60.7 Å². The van der Waals surface area contributed by atoms with Crippen LogP contribution in [0.4, 0.5) is 0 Å². The van der Waals surface area contributed by atoms with Gasteiger partial charge in [0.1, 0.15) is 0 Å². The SMILES string of the molecule is O=C1C2C=CCc3ccc4ccc5c(c4c32)C1C1=C(C5)c2ccccc2C1. The van der Waals surface area contributed by atoms with Gasteiger partial charge in [0.25, 0.3) is 0 Å². The number of rotatable bonds is 0. The fourth-order valence-corrected chi connectivity index (χ4v) is 6.04. The summed E-state index contributed by atoms with van der Waals surface area (Å²) in [6.07, 6.45) is 7.20. The van der Waals surface area contributed by atoms with E-state index in [0.717, 1.165) is 19.3 Å². The molecule has 0 saturated heterocycles. The zero-order chi connectivity index (χ0) is 17.7. The molecule has 3 aromatic carbocycles. The standard InChI is InChI=1S/C26H18O/c27-26-19-7-3-5-14-8-9-15-10-11-17-13-20-18-6-2-1-4-16(18)12-21(20)25(26)24(17)23(15)22(14)19/h1-4,6-11,19,25H,5,12-13H2. The third-order valence-corrected chi connectivity index (χ3v) is 7.13. The van der Waals surface area contributed by atoms with E-state index in [9.17, 15) is 4.79 Å². The zero-order valence-corrected chi connectivity index (χ0v) is 15.0. The average molecular weight is 346 g/mol. The first-order chi connectivity index (χ1) is 13.3. The zero-order valence-electron chi connectivity index (χ0n) is 15.0. The van der Waals surface area contributed by atoms with Gasteiger partial charge in [0.05, 0.1) is 11.8 Å². The molecular formula is C26H18O. The molecule has 4 aliphatic rings. The second kappa shape index (κ2) is 4.67. The number of Topliss-reactive ketones (excluding diaryl/α,β-unsaturated/α-hetero) is 1. The Kier molecular flexibility index (Phi) is 2.45. The highest BCUT2D eigenvalue weighted by atomic mass is 16.1. The Morgan fingerprint density at radius 3 is 2.59 bits per heavy atom. The fourth-order valence-electron chi connectivity index (χ4n) is 6.04. The topological polar surface area (TPSA) is 17.1 Å². The van der Waals surface area contributed by atoms with Crippen molar-refractivity contribution < 1.29 is 4.79 Å². The van der Waals surface area contributed by atoms with Crippen molar-refractivity contribution in [2.75, 3.05) is 0 Å². The van der Waals surface area contributed by atoms with E-state index < -0.39 is 0 Å². The van der Waals surface area contributed by atoms with Crippen molar-refractivity contribution in [2.24, 2.45) is 0 Å². The summed E-state index contributed by atoms with van der Waals surface area (Å²) in [7, 11) is 0. The van der Waals surface area contributed by atoms with Crippen LogP contribution in [-0.2, 0) is 24.1 Å². The molecule has 1 nitrogen and oxygen atoms in total. The fraction of sp³-hybridized carbons (Fsp3) is 0.192. The predicted octanol–water partition coefficient (Wildman–Crippen LogP) is 5.27. The van der Waals surface area contributed by atoms with Crippen molar-refractivity contribution in [2.45, 2.75) is 31.1 Å². The average Bonchev–Trinajstić information content (AvgIpc) is 3.08. The second-order valence-electron chi connectivity index (χ2n) is 8.33. The highest BCUT2D eigenvalue weighted by molar-refractivity contribution is 6.11. The van der Waals surface area contributed by atoms with Gasteiger partial charge in [-0.3, -0.25) is 4.79 Å². The van der Waals surface area contributed by atoms with Crippen molar-refractivity contribution in [3.63, 3.8) is 0 Å². The molecular weight excluding hydrogens is 328 g/mol. The number of carbonyl (C=O) groups excluding carboxylic acids is 1. The number of benzene rings is 3. The number of fused-ring (bicyclic) bond motifs is 3. The minimum atomic E-state index is -0.0687. The van der Waals surface area contributed by atoms with Crippen molar-refractivity contribution in [3.05, 3.63) is 99.6 Å². The first-order valence-electron chi connectivity index (χ1n) is 9.89. The third kappa shape index (κ3) is 1.60. The van der Waals surface area contributed by atoms with Crippen LogP contribution in [-0.4, -0.2) is 5.78 Å². The summed E-state index contributed by atoms with van der Waals surface area (Å²) in [4.78, 5) is 13.8. The summed E-state index contributed by atoms with van der Waals surface area (Å²) < 4.78 is 0. The molecule has 0 bridgehead atoms. The second-order valence-corrected chi connectivity index (χ2v) is 8.33. The Morgan fingerprint density at radius 1 is 0.815 bits per heavy atom. The molecule has 2 unspecified atom stereocenters. The number of allylic oxidation sites excluding steroid dienone is 4. The molecule has 0 spiro atoms. The molecule has 27 heavy (non-hydrogen) atoms. The number of carbonyl (C=O) groups is 1. The third-order valence-electron chi connectivity index (χ3n) is 7.13. The lowest BCUT2D eigenvalue weighted by atomic mass is 9.64. The Morgan fingerprint density at radius 2 is 1.67 bits per heavy atom. The number of hydrogen-bond acceptors (Lipinski definition) is 1. The van der Waals surface area contributed by atoms with Crippen LogP contribution < -0.4 is 0 Å². The molecule has 0 saturated carbocycles. The monoisotopic (exact) mass is 346 g/mol. The molecule has 4 aliphatic carbocycles. The first kappa shape index (κ1) is 14.2. The Labute approximate surface area is 158 Å². The highest BCUT2D eigenvalue weighted by Gasteiger charge is 2.44. The van der Waals surface area contributed by atoms with Crippen LogP contribution in [0, 0.1) is 0 Å². The van der Waals surface area contributed by atoms with Crippen LogP contribution >= 0.6 is 0 Å². The highest BCUT2D eigenvalue weighted by Crippen LogP contribution is 2.54. The van der Waals surface area contributed by atoms with E-state index >= 15 is 0 Å². The normalized spacial score (nSPS) is 23.6.